The van der Waals surface area contributed by atoms with Crippen molar-refractivity contribution in [1.82, 2.24) is 10.0 Å². The van der Waals surface area contributed by atoms with E-state index in [0.717, 1.165) is 5.56 Å². The number of benzene rings is 1. The lowest BCUT2D eigenvalue weighted by atomic mass is 10.2. The molecule has 1 aromatic carbocycles. The van der Waals surface area contributed by atoms with Crippen molar-refractivity contribution < 1.29 is 17.9 Å². The van der Waals surface area contributed by atoms with Gasteiger partial charge in [0.05, 0.1) is 11.8 Å². The van der Waals surface area contributed by atoms with Crippen molar-refractivity contribution >= 4 is 22.0 Å². The number of carbonyl (C=O) groups is 1. The van der Waals surface area contributed by atoms with Gasteiger partial charge in [-0.3, -0.25) is 4.72 Å². The Labute approximate surface area is 118 Å². The van der Waals surface area contributed by atoms with Crippen molar-refractivity contribution in [3.05, 3.63) is 29.8 Å². The Morgan fingerprint density at radius 3 is 2.35 bits per heavy atom. The Balaban J connectivity index is 2.64. The van der Waals surface area contributed by atoms with Gasteiger partial charge >= 0.3 is 16.3 Å². The highest BCUT2D eigenvalue weighted by Crippen LogP contribution is 2.10. The zero-order valence-electron chi connectivity index (χ0n) is 11.6. The number of amides is 1. The minimum absolute atomic E-state index is 0.356. The van der Waals surface area contributed by atoms with Gasteiger partial charge in [0.2, 0.25) is 0 Å². The van der Waals surface area contributed by atoms with Crippen LogP contribution >= 0.6 is 0 Å². The van der Waals surface area contributed by atoms with Gasteiger partial charge in [-0.1, -0.05) is 12.1 Å². The van der Waals surface area contributed by atoms with E-state index in [1.54, 1.807) is 42.8 Å². The molecule has 1 rings (SSSR count). The van der Waals surface area contributed by atoms with Crippen molar-refractivity contribution in [2.75, 3.05) is 11.8 Å². The molecular formula is C12H19N3O4S. The Hall–Kier alpha value is -1.80. The van der Waals surface area contributed by atoms with Gasteiger partial charge in [-0.2, -0.15) is 8.42 Å². The zero-order valence-corrected chi connectivity index (χ0v) is 12.5. The summed E-state index contributed by atoms with van der Waals surface area (Å²) in [7, 11) is -2.17. The highest BCUT2D eigenvalue weighted by Gasteiger charge is 2.16. The van der Waals surface area contributed by atoms with Crippen LogP contribution in [0.1, 0.15) is 19.4 Å². The molecule has 1 amide bonds. The van der Waals surface area contributed by atoms with E-state index in [0.29, 0.717) is 12.2 Å². The second-order valence-electron chi connectivity index (χ2n) is 4.39. The van der Waals surface area contributed by atoms with E-state index in [1.807, 2.05) is 7.05 Å². The summed E-state index contributed by atoms with van der Waals surface area (Å²) < 4.78 is 32.0. The average molecular weight is 301 g/mol. The number of hydrogen-bond donors (Lipinski definition) is 3. The Morgan fingerprint density at radius 2 is 1.85 bits per heavy atom. The van der Waals surface area contributed by atoms with E-state index < -0.39 is 22.4 Å². The summed E-state index contributed by atoms with van der Waals surface area (Å²) in [6, 6.07) is 6.78. The number of nitrogens with one attached hydrogen (secondary N) is 3. The van der Waals surface area contributed by atoms with Gasteiger partial charge < -0.3 is 10.1 Å². The number of ether oxygens (including phenoxy) is 1. The third kappa shape index (κ3) is 5.89. The third-order valence-corrected chi connectivity index (χ3v) is 3.09. The van der Waals surface area contributed by atoms with Gasteiger partial charge in [0.1, 0.15) is 0 Å². The fourth-order valence-corrected chi connectivity index (χ4v) is 2.19. The van der Waals surface area contributed by atoms with Crippen molar-refractivity contribution in [3.63, 3.8) is 0 Å². The van der Waals surface area contributed by atoms with Gasteiger partial charge in [-0.15, -0.1) is 0 Å². The lowest BCUT2D eigenvalue weighted by molar-refractivity contribution is 0.121. The van der Waals surface area contributed by atoms with Gasteiger partial charge in [-0.25, -0.2) is 9.52 Å². The monoisotopic (exact) mass is 301 g/mol. The molecule has 0 saturated carbocycles. The standard InChI is InChI=1S/C12H19N3O4S/c1-9(2)19-12(16)15-20(17,18)14-11-6-4-10(5-7-11)8-13-3/h4-7,9,13-14H,8H2,1-3H3,(H,15,16). The van der Waals surface area contributed by atoms with E-state index in [2.05, 4.69) is 10.0 Å². The van der Waals surface area contributed by atoms with E-state index >= 15 is 0 Å². The average Bonchev–Trinajstić information content (AvgIpc) is 2.29. The minimum atomic E-state index is -3.99. The van der Waals surface area contributed by atoms with Gasteiger partial charge in [0, 0.05) is 6.54 Å². The van der Waals surface area contributed by atoms with E-state index in [9.17, 15) is 13.2 Å². The molecule has 1 aromatic rings. The summed E-state index contributed by atoms with van der Waals surface area (Å²) >= 11 is 0. The topological polar surface area (TPSA) is 96.5 Å². The maximum absolute atomic E-state index is 11.7. The van der Waals surface area contributed by atoms with Crippen LogP contribution in [0.4, 0.5) is 10.5 Å². The maximum Gasteiger partial charge on any atom is 0.422 e. The van der Waals surface area contributed by atoms with Crippen molar-refractivity contribution in [1.29, 1.82) is 0 Å². The van der Waals surface area contributed by atoms with Crippen LogP contribution in [0.15, 0.2) is 24.3 Å². The lowest BCUT2D eigenvalue weighted by Gasteiger charge is -2.11. The molecule has 0 spiro atoms. The molecule has 0 heterocycles. The van der Waals surface area contributed by atoms with E-state index in [4.69, 9.17) is 4.74 Å². The predicted octanol–water partition coefficient (Wildman–Crippen LogP) is 1.20. The number of carbonyl (C=O) groups excluding carboxylic acids is 1. The maximum atomic E-state index is 11.7. The minimum Gasteiger partial charge on any atom is -0.446 e. The molecule has 0 fully saturated rings. The smallest absolute Gasteiger partial charge is 0.422 e. The fourth-order valence-electron chi connectivity index (χ4n) is 1.42. The molecule has 0 aliphatic heterocycles. The predicted molar refractivity (Wildman–Crippen MR) is 76.5 cm³/mol. The van der Waals surface area contributed by atoms with Gasteiger partial charge in [0.15, 0.2) is 0 Å². The summed E-state index contributed by atoms with van der Waals surface area (Å²) in [5, 5.41) is 2.98. The number of hydrogen-bond acceptors (Lipinski definition) is 5. The first kappa shape index (κ1) is 16.3. The third-order valence-electron chi connectivity index (χ3n) is 2.15. The molecule has 0 aliphatic rings. The molecule has 0 saturated heterocycles. The summed E-state index contributed by atoms with van der Waals surface area (Å²) in [5.41, 5.74) is 1.37. The lowest BCUT2D eigenvalue weighted by Crippen LogP contribution is -2.36. The Kier molecular flexibility index (Phi) is 5.78. The van der Waals surface area contributed by atoms with Crippen LogP contribution in [0.5, 0.6) is 0 Å². The summed E-state index contributed by atoms with van der Waals surface area (Å²) in [6.45, 7) is 3.94. The largest absolute Gasteiger partial charge is 0.446 e. The normalized spacial score (nSPS) is 11.2. The molecule has 7 nitrogen and oxygen atoms in total. The van der Waals surface area contributed by atoms with Gasteiger partial charge in [0.25, 0.3) is 0 Å². The molecular weight excluding hydrogens is 282 g/mol. The molecule has 8 heteroatoms. The van der Waals surface area contributed by atoms with Crippen LogP contribution in [0.25, 0.3) is 0 Å². The van der Waals surface area contributed by atoms with Crippen molar-refractivity contribution in [2.24, 2.45) is 0 Å². The molecule has 112 valence electrons. The van der Waals surface area contributed by atoms with Crippen molar-refractivity contribution in [3.8, 4) is 0 Å². The number of rotatable bonds is 6. The first-order chi connectivity index (χ1) is 9.32. The SMILES string of the molecule is CNCc1ccc(NS(=O)(=O)NC(=O)OC(C)C)cc1. The van der Waals surface area contributed by atoms with E-state index in [1.165, 1.54) is 0 Å². The Bertz CT molecular complexity index is 540. The summed E-state index contributed by atoms with van der Waals surface area (Å²) in [5.74, 6) is 0. The summed E-state index contributed by atoms with van der Waals surface area (Å²) in [6.07, 6.45) is -1.41. The zero-order chi connectivity index (χ0) is 15.2. The van der Waals surface area contributed by atoms with Gasteiger partial charge in [-0.05, 0) is 38.6 Å². The number of anilines is 1. The quantitative estimate of drug-likeness (QED) is 0.733. The Morgan fingerprint density at radius 1 is 1.25 bits per heavy atom. The first-order valence-corrected chi connectivity index (χ1v) is 7.55. The molecule has 3 N–H and O–H groups in total. The second kappa shape index (κ2) is 7.11. The van der Waals surface area contributed by atoms with Crippen LogP contribution in [-0.4, -0.2) is 27.7 Å². The molecule has 0 bridgehead atoms. The van der Waals surface area contributed by atoms with Crippen LogP contribution in [0.3, 0.4) is 0 Å². The van der Waals surface area contributed by atoms with Crippen molar-refractivity contribution in [2.45, 2.75) is 26.5 Å². The first-order valence-electron chi connectivity index (χ1n) is 6.07. The molecule has 0 radical (unpaired) electrons. The van der Waals surface area contributed by atoms with Crippen LogP contribution in [-0.2, 0) is 21.5 Å². The second-order valence-corrected chi connectivity index (χ2v) is 5.80. The summed E-state index contributed by atoms with van der Waals surface area (Å²) in [4.78, 5) is 11.2. The highest BCUT2D eigenvalue weighted by atomic mass is 32.2. The molecule has 0 unspecified atom stereocenters. The molecule has 20 heavy (non-hydrogen) atoms. The molecule has 0 atom stereocenters. The highest BCUT2D eigenvalue weighted by molar-refractivity contribution is 7.91. The van der Waals surface area contributed by atoms with E-state index in [-0.39, 0.29) is 0 Å². The van der Waals surface area contributed by atoms with Crippen LogP contribution in [0.2, 0.25) is 0 Å². The van der Waals surface area contributed by atoms with Crippen LogP contribution < -0.4 is 14.8 Å². The molecule has 0 aromatic heterocycles. The molecule has 0 aliphatic carbocycles. The van der Waals surface area contributed by atoms with Crippen LogP contribution in [0, 0.1) is 0 Å². The fraction of sp³-hybridized carbons (Fsp3) is 0.417.